The van der Waals surface area contributed by atoms with E-state index in [1.807, 2.05) is 19.1 Å². The van der Waals surface area contributed by atoms with E-state index in [0.717, 1.165) is 5.56 Å². The Bertz CT molecular complexity index is 708. The number of carbonyl (C=O) groups excluding carboxylic acids is 1. The van der Waals surface area contributed by atoms with Crippen LogP contribution < -0.4 is 5.32 Å². The minimum atomic E-state index is -0.248. The third kappa shape index (κ3) is 3.94. The van der Waals surface area contributed by atoms with E-state index in [2.05, 4.69) is 22.3 Å². The summed E-state index contributed by atoms with van der Waals surface area (Å²) in [7, 11) is 1.79. The van der Waals surface area contributed by atoms with Gasteiger partial charge in [-0.2, -0.15) is 5.10 Å². The van der Waals surface area contributed by atoms with Crippen molar-refractivity contribution < 1.29 is 9.90 Å². The lowest BCUT2D eigenvalue weighted by Crippen LogP contribution is -2.14. The van der Waals surface area contributed by atoms with Crippen molar-refractivity contribution in [1.82, 2.24) is 9.78 Å². The van der Waals surface area contributed by atoms with Crippen molar-refractivity contribution in [2.75, 3.05) is 11.9 Å². The van der Waals surface area contributed by atoms with Gasteiger partial charge in [0.1, 0.15) is 0 Å². The van der Waals surface area contributed by atoms with Crippen LogP contribution in [0.15, 0.2) is 30.5 Å². The smallest absolute Gasteiger partial charge is 0.258 e. The van der Waals surface area contributed by atoms with Gasteiger partial charge in [-0.3, -0.25) is 9.48 Å². The number of benzene rings is 1. The summed E-state index contributed by atoms with van der Waals surface area (Å²) in [6.07, 6.45) is 2.14. The Hall–Kier alpha value is -2.58. The molecule has 0 radical (unpaired) electrons. The van der Waals surface area contributed by atoms with Crippen molar-refractivity contribution in [3.05, 3.63) is 47.2 Å². The van der Waals surface area contributed by atoms with Gasteiger partial charge in [-0.05, 0) is 24.6 Å². The topological polar surface area (TPSA) is 67.2 Å². The summed E-state index contributed by atoms with van der Waals surface area (Å²) in [5.74, 6) is 6.02. The van der Waals surface area contributed by atoms with Gasteiger partial charge in [0.15, 0.2) is 5.82 Å². The van der Waals surface area contributed by atoms with Crippen molar-refractivity contribution in [2.24, 2.45) is 7.05 Å². The molecule has 0 fully saturated rings. The summed E-state index contributed by atoms with van der Waals surface area (Å²) in [4.78, 5) is 12.3. The zero-order valence-electron chi connectivity index (χ0n) is 12.1. The fourth-order valence-electron chi connectivity index (χ4n) is 1.84. The first-order valence-corrected chi connectivity index (χ1v) is 6.61. The van der Waals surface area contributed by atoms with E-state index < -0.39 is 0 Å². The second-order valence-corrected chi connectivity index (χ2v) is 4.65. The van der Waals surface area contributed by atoms with Crippen LogP contribution in [-0.4, -0.2) is 27.4 Å². The number of hydrogen-bond donors (Lipinski definition) is 2. The van der Waals surface area contributed by atoms with Crippen LogP contribution in [0.25, 0.3) is 0 Å². The molecule has 5 heteroatoms. The first-order valence-electron chi connectivity index (χ1n) is 6.61. The fourth-order valence-corrected chi connectivity index (χ4v) is 1.84. The fraction of sp³-hybridized carbons (Fsp3) is 0.250. The summed E-state index contributed by atoms with van der Waals surface area (Å²) in [6.45, 7) is 1.95. The SMILES string of the molecule is Cc1ccc(C(=O)Nc2ccn(C)n2)c(C#CCCO)c1. The minimum absolute atomic E-state index is 0.00822. The van der Waals surface area contributed by atoms with Gasteiger partial charge in [-0.1, -0.05) is 17.9 Å². The van der Waals surface area contributed by atoms with Crippen molar-refractivity contribution in [3.63, 3.8) is 0 Å². The van der Waals surface area contributed by atoms with Crippen LogP contribution in [0.5, 0.6) is 0 Å². The predicted molar refractivity (Wildman–Crippen MR) is 80.9 cm³/mol. The number of aliphatic hydroxyl groups excluding tert-OH is 1. The van der Waals surface area contributed by atoms with Crippen molar-refractivity contribution >= 4 is 11.7 Å². The monoisotopic (exact) mass is 283 g/mol. The van der Waals surface area contributed by atoms with E-state index in [1.54, 1.807) is 30.1 Å². The molecule has 0 aliphatic carbocycles. The molecule has 0 saturated heterocycles. The lowest BCUT2D eigenvalue weighted by molar-refractivity contribution is 0.102. The number of aryl methyl sites for hydroxylation is 2. The zero-order valence-corrected chi connectivity index (χ0v) is 12.1. The van der Waals surface area contributed by atoms with Gasteiger partial charge in [0.2, 0.25) is 0 Å². The number of nitrogens with one attached hydrogen (secondary N) is 1. The van der Waals surface area contributed by atoms with Gasteiger partial charge in [0, 0.05) is 31.3 Å². The number of hydrogen-bond acceptors (Lipinski definition) is 3. The molecule has 0 aliphatic heterocycles. The molecule has 1 aromatic carbocycles. The van der Waals surface area contributed by atoms with Gasteiger partial charge in [-0.15, -0.1) is 0 Å². The Morgan fingerprint density at radius 1 is 1.43 bits per heavy atom. The second-order valence-electron chi connectivity index (χ2n) is 4.65. The maximum atomic E-state index is 12.3. The Labute approximate surface area is 123 Å². The lowest BCUT2D eigenvalue weighted by Gasteiger charge is -2.06. The quantitative estimate of drug-likeness (QED) is 0.843. The Morgan fingerprint density at radius 3 is 2.90 bits per heavy atom. The number of amides is 1. The molecule has 2 aromatic rings. The first kappa shape index (κ1) is 14.8. The van der Waals surface area contributed by atoms with Gasteiger partial charge in [0.25, 0.3) is 5.91 Å². The summed E-state index contributed by atoms with van der Waals surface area (Å²) in [5, 5.41) is 15.6. The highest BCUT2D eigenvalue weighted by atomic mass is 16.2. The third-order valence-electron chi connectivity index (χ3n) is 2.83. The number of nitrogens with zero attached hydrogens (tertiary/aromatic N) is 2. The molecule has 0 spiro atoms. The van der Waals surface area contributed by atoms with Crippen LogP contribution in [0.2, 0.25) is 0 Å². The number of aliphatic hydroxyl groups is 1. The summed E-state index contributed by atoms with van der Waals surface area (Å²) < 4.78 is 1.62. The van der Waals surface area contributed by atoms with Crippen molar-refractivity contribution in [3.8, 4) is 11.8 Å². The van der Waals surface area contributed by atoms with Crippen molar-refractivity contribution in [1.29, 1.82) is 0 Å². The van der Waals surface area contributed by atoms with Crippen LogP contribution >= 0.6 is 0 Å². The van der Waals surface area contributed by atoms with Crippen LogP contribution in [-0.2, 0) is 7.05 Å². The number of anilines is 1. The number of aromatic nitrogens is 2. The number of rotatable bonds is 3. The largest absolute Gasteiger partial charge is 0.395 e. The first-order chi connectivity index (χ1) is 10.1. The van der Waals surface area contributed by atoms with Gasteiger partial charge < -0.3 is 10.4 Å². The Balaban J connectivity index is 2.26. The average Bonchev–Trinajstić information content (AvgIpc) is 2.84. The molecule has 0 bridgehead atoms. The number of carbonyl (C=O) groups is 1. The molecule has 1 amide bonds. The summed E-state index contributed by atoms with van der Waals surface area (Å²) in [6, 6.07) is 7.20. The van der Waals surface area contributed by atoms with Crippen LogP contribution in [0.3, 0.4) is 0 Å². The second kappa shape index (κ2) is 6.73. The molecule has 0 atom stereocenters. The van der Waals surface area contributed by atoms with E-state index in [0.29, 0.717) is 23.4 Å². The molecular formula is C16H17N3O2. The molecule has 1 heterocycles. The zero-order chi connectivity index (χ0) is 15.2. The van der Waals surface area contributed by atoms with Gasteiger partial charge in [-0.25, -0.2) is 0 Å². The Kier molecular flexibility index (Phi) is 4.75. The van der Waals surface area contributed by atoms with E-state index in [-0.39, 0.29) is 12.5 Å². The normalized spacial score (nSPS) is 9.86. The molecule has 0 aliphatic rings. The van der Waals surface area contributed by atoms with Gasteiger partial charge >= 0.3 is 0 Å². The molecule has 21 heavy (non-hydrogen) atoms. The van der Waals surface area contributed by atoms with E-state index in [1.165, 1.54) is 0 Å². The van der Waals surface area contributed by atoms with Gasteiger partial charge in [0.05, 0.1) is 12.2 Å². The molecule has 108 valence electrons. The molecule has 0 unspecified atom stereocenters. The summed E-state index contributed by atoms with van der Waals surface area (Å²) >= 11 is 0. The van der Waals surface area contributed by atoms with Crippen molar-refractivity contribution in [2.45, 2.75) is 13.3 Å². The van der Waals surface area contributed by atoms with E-state index in [9.17, 15) is 4.79 Å². The molecule has 5 nitrogen and oxygen atoms in total. The molecule has 1 aromatic heterocycles. The highest BCUT2D eigenvalue weighted by Crippen LogP contribution is 2.13. The maximum absolute atomic E-state index is 12.3. The lowest BCUT2D eigenvalue weighted by atomic mass is 10.0. The molecule has 2 N–H and O–H groups in total. The average molecular weight is 283 g/mol. The van der Waals surface area contributed by atoms with Crippen LogP contribution in [0, 0.1) is 18.8 Å². The Morgan fingerprint density at radius 2 is 2.24 bits per heavy atom. The van der Waals surface area contributed by atoms with E-state index >= 15 is 0 Å². The summed E-state index contributed by atoms with van der Waals surface area (Å²) in [5.41, 5.74) is 2.17. The van der Waals surface area contributed by atoms with E-state index in [4.69, 9.17) is 5.11 Å². The standard InChI is InChI=1S/C16H17N3O2/c1-12-6-7-14(13(11-12)5-3-4-10-20)16(21)17-15-8-9-19(2)18-15/h6-9,11,20H,4,10H2,1-2H3,(H,17,18,21). The predicted octanol–water partition coefficient (Wildman–Crippen LogP) is 1.71. The maximum Gasteiger partial charge on any atom is 0.258 e. The van der Waals surface area contributed by atoms with Crippen LogP contribution in [0.1, 0.15) is 27.9 Å². The molecule has 2 rings (SSSR count). The third-order valence-corrected chi connectivity index (χ3v) is 2.83. The molecule has 0 saturated carbocycles. The molecular weight excluding hydrogens is 266 g/mol. The minimum Gasteiger partial charge on any atom is -0.395 e. The highest BCUT2D eigenvalue weighted by molar-refractivity contribution is 6.05. The van der Waals surface area contributed by atoms with Crippen LogP contribution in [0.4, 0.5) is 5.82 Å². The highest BCUT2D eigenvalue weighted by Gasteiger charge is 2.11.